The van der Waals surface area contributed by atoms with Crippen molar-refractivity contribution in [1.82, 2.24) is 5.32 Å². The third-order valence-corrected chi connectivity index (χ3v) is 18.2. The van der Waals surface area contributed by atoms with Gasteiger partial charge in [0.15, 0.2) is 0 Å². The van der Waals surface area contributed by atoms with E-state index in [2.05, 4.69) is 17.5 Å². The van der Waals surface area contributed by atoms with Crippen LogP contribution in [0.3, 0.4) is 0 Å². The van der Waals surface area contributed by atoms with E-state index in [9.17, 15) is 18.4 Å². The second-order valence-corrected chi connectivity index (χ2v) is 16.5. The molecule has 0 aromatic heterocycles. The molecule has 3 heterocycles. The van der Waals surface area contributed by atoms with E-state index in [1.54, 1.807) is 0 Å². The Morgan fingerprint density at radius 2 is 1.81 bits per heavy atom. The normalized spacial score (nSPS) is 22.8. The van der Waals surface area contributed by atoms with E-state index < -0.39 is 38.3 Å². The van der Waals surface area contributed by atoms with Crippen LogP contribution in [0, 0.1) is 11.6 Å². The van der Waals surface area contributed by atoms with Crippen molar-refractivity contribution in [2.24, 2.45) is 0 Å². The quantitative estimate of drug-likeness (QED) is 0.750. The van der Waals surface area contributed by atoms with Crippen molar-refractivity contribution < 1.29 is 18.4 Å². The molecule has 1 N–H and O–H groups in total. The van der Waals surface area contributed by atoms with E-state index in [0.717, 1.165) is 26.2 Å². The summed E-state index contributed by atoms with van der Waals surface area (Å²) in [7, 11) is 0. The second kappa shape index (κ2) is 5.96. The van der Waals surface area contributed by atoms with Crippen molar-refractivity contribution in [3.8, 4) is 0 Å². The Labute approximate surface area is 160 Å². The first kappa shape index (κ1) is 16.6. The molecule has 128 valence electrons. The molecule has 0 aliphatic carbocycles. The summed E-state index contributed by atoms with van der Waals surface area (Å²) in [6.45, 7) is 0. The van der Waals surface area contributed by atoms with Crippen LogP contribution in [0.2, 0.25) is 0 Å². The van der Waals surface area contributed by atoms with Crippen LogP contribution in [-0.4, -0.2) is 37.8 Å². The van der Waals surface area contributed by atoms with Gasteiger partial charge in [0.25, 0.3) is 0 Å². The number of carbonyl (C=O) groups is 2. The number of carbonyl (C=O) groups excluding carboxylic acids is 2. The van der Waals surface area contributed by atoms with E-state index >= 15 is 0 Å². The van der Waals surface area contributed by atoms with Crippen molar-refractivity contribution in [2.45, 2.75) is 15.3 Å². The van der Waals surface area contributed by atoms with Crippen molar-refractivity contribution in [3.63, 3.8) is 0 Å². The summed E-state index contributed by atoms with van der Waals surface area (Å²) in [4.78, 5) is 24.0. The van der Waals surface area contributed by atoms with Crippen LogP contribution < -0.4 is 8.64 Å². The fourth-order valence-electron chi connectivity index (χ4n) is 4.42. The van der Waals surface area contributed by atoms with Crippen molar-refractivity contribution in [3.05, 3.63) is 68.1 Å². The topological polar surface area (TPSA) is 46.2 Å². The van der Waals surface area contributed by atoms with Gasteiger partial charge in [-0.05, 0) is 0 Å². The summed E-state index contributed by atoms with van der Waals surface area (Å²) >= 11 is -1.66. The first-order chi connectivity index (χ1) is 12.5. The number of nitrogens with one attached hydrogen (secondary N) is 1. The first-order valence-corrected chi connectivity index (χ1v) is 14.4. The number of benzene rings is 2. The average Bonchev–Trinajstić information content (AvgIpc) is 3.17. The maximum atomic E-state index is 14.1. The number of halogens is 2. The molecule has 3 nitrogen and oxygen atoms in total. The van der Waals surface area contributed by atoms with Crippen LogP contribution in [0.5, 0.6) is 0 Å². The third-order valence-electron chi connectivity index (χ3n) is 5.44. The van der Waals surface area contributed by atoms with Gasteiger partial charge in [-0.2, -0.15) is 0 Å². The van der Waals surface area contributed by atoms with E-state index in [-0.39, 0.29) is 26.8 Å². The molecule has 7 heteroatoms. The first-order valence-electron chi connectivity index (χ1n) is 8.32. The molecular formula is C19H12F2InNO2S. The number of hydrogen-bond acceptors (Lipinski definition) is 3. The maximum absolute atomic E-state index is 14.1. The number of hydrogen-bond donors (Lipinski definition) is 1. The van der Waals surface area contributed by atoms with Gasteiger partial charge >= 0.3 is 161 Å². The molecule has 1 saturated heterocycles. The molecule has 3 aliphatic rings. The second-order valence-electron chi connectivity index (χ2n) is 6.76. The van der Waals surface area contributed by atoms with Crippen molar-refractivity contribution >= 4 is 53.7 Å². The zero-order valence-electron chi connectivity index (χ0n) is 13.5. The molecule has 0 saturated carbocycles. The molecule has 1 fully saturated rings. The number of rotatable bonds is 3. The Bertz CT molecular complexity index is 1000. The van der Waals surface area contributed by atoms with Crippen LogP contribution in [0.1, 0.15) is 20.4 Å². The minimum absolute atomic E-state index is 0.0306. The predicted molar refractivity (Wildman–Crippen MR) is 97.5 cm³/mol. The van der Waals surface area contributed by atoms with Gasteiger partial charge in [-0.25, -0.2) is 0 Å². The van der Waals surface area contributed by atoms with Crippen LogP contribution in [0.4, 0.5) is 13.6 Å². The summed E-state index contributed by atoms with van der Waals surface area (Å²) in [6, 6.07) is 10.0. The van der Waals surface area contributed by atoms with Gasteiger partial charge in [-0.3, -0.25) is 0 Å². The number of allylic oxidation sites excluding steroid dienone is 1. The summed E-state index contributed by atoms with van der Waals surface area (Å²) < 4.78 is 30.7. The molecule has 2 atom stereocenters. The summed E-state index contributed by atoms with van der Waals surface area (Å²) in [5.74, 6) is -1.31. The van der Waals surface area contributed by atoms with Gasteiger partial charge in [-0.15, -0.1) is 0 Å². The summed E-state index contributed by atoms with van der Waals surface area (Å²) in [5, 5.41) is 1.65. The SMILES string of the molecule is O=C1NC(=O)C([CH]2c3ccc[c]4c3C=[C](Cc3c(F)cccc3F)[In]42)S1. The molecule has 4 bridgehead atoms. The Hall–Kier alpha value is -1.60. The van der Waals surface area contributed by atoms with Crippen LogP contribution in [0.15, 0.2) is 39.7 Å². The van der Waals surface area contributed by atoms with Crippen molar-refractivity contribution in [1.29, 1.82) is 0 Å². The molecule has 0 radical (unpaired) electrons. The van der Waals surface area contributed by atoms with Crippen LogP contribution >= 0.6 is 11.8 Å². The molecule has 3 aliphatic heterocycles. The Kier molecular flexibility index (Phi) is 3.79. The summed E-state index contributed by atoms with van der Waals surface area (Å²) in [6.07, 6.45) is 2.32. The monoisotopic (exact) mass is 471 g/mol. The molecular weight excluding hydrogens is 459 g/mol. The molecule has 2 unspecified atom stereocenters. The zero-order valence-corrected chi connectivity index (χ0v) is 17.6. The fraction of sp³-hybridized carbons (Fsp3) is 0.158. The van der Waals surface area contributed by atoms with E-state index in [1.807, 2.05) is 12.1 Å². The van der Waals surface area contributed by atoms with Gasteiger partial charge in [0.1, 0.15) is 0 Å². The summed E-state index contributed by atoms with van der Waals surface area (Å²) in [5.41, 5.74) is 2.34. The van der Waals surface area contributed by atoms with E-state index in [0.29, 0.717) is 0 Å². The fourth-order valence-corrected chi connectivity index (χ4v) is 18.7. The molecule has 2 amide bonds. The van der Waals surface area contributed by atoms with Gasteiger partial charge in [0.2, 0.25) is 0 Å². The zero-order chi connectivity index (χ0) is 18.0. The number of imide groups is 1. The number of thioether (sulfide) groups is 1. The van der Waals surface area contributed by atoms with Crippen molar-refractivity contribution in [2.75, 3.05) is 0 Å². The minimum atomic E-state index is -2.72. The Balaban J connectivity index is 1.55. The third kappa shape index (κ3) is 2.33. The molecule has 5 rings (SSSR count). The van der Waals surface area contributed by atoms with Gasteiger partial charge in [0, 0.05) is 0 Å². The predicted octanol–water partition coefficient (Wildman–Crippen LogP) is 2.83. The average molecular weight is 471 g/mol. The van der Waals surface area contributed by atoms with Crippen LogP contribution in [0.25, 0.3) is 6.08 Å². The van der Waals surface area contributed by atoms with Gasteiger partial charge < -0.3 is 0 Å². The van der Waals surface area contributed by atoms with Gasteiger partial charge in [0.05, 0.1) is 0 Å². The Morgan fingerprint density at radius 3 is 2.46 bits per heavy atom. The number of amides is 2. The van der Waals surface area contributed by atoms with E-state index in [1.165, 1.54) is 21.5 Å². The van der Waals surface area contributed by atoms with E-state index in [4.69, 9.17) is 0 Å². The molecule has 26 heavy (non-hydrogen) atoms. The van der Waals surface area contributed by atoms with Gasteiger partial charge in [-0.1, -0.05) is 0 Å². The molecule has 2 aromatic carbocycles. The standard InChI is InChI=1S/C19H12F2NO2S.In/c20-15-9-4-10-16(21)14(15)8-3-7-12-5-1-2-6-13(12)11-17-18(23)22-19(24)25-17;/h1-2,4,6-7,9-11,17H,8H2,(H,22,23,24);. The van der Waals surface area contributed by atoms with Crippen LogP contribution in [-0.2, 0) is 11.2 Å². The molecule has 2 aromatic rings. The Morgan fingerprint density at radius 1 is 1.08 bits per heavy atom. The molecule has 0 spiro atoms.